The molecular formula is C13H25N. The van der Waals surface area contributed by atoms with Crippen LogP contribution in [-0.2, 0) is 0 Å². The average molecular weight is 195 g/mol. The Bertz CT molecular complexity index is 184. The van der Waals surface area contributed by atoms with Crippen molar-refractivity contribution in [2.24, 2.45) is 5.41 Å². The Morgan fingerprint density at radius 1 is 1.00 bits per heavy atom. The first kappa shape index (κ1) is 13.5. The zero-order valence-electron chi connectivity index (χ0n) is 10.5. The number of rotatable bonds is 5. The van der Waals surface area contributed by atoms with E-state index in [1.54, 1.807) is 0 Å². The van der Waals surface area contributed by atoms with Crippen molar-refractivity contribution < 1.29 is 0 Å². The van der Waals surface area contributed by atoms with Crippen LogP contribution in [0.4, 0.5) is 0 Å². The standard InChI is InChI=1S/C13H25N/c1-6-10-14(11-7-2)12-8-9-13(3,4)5/h6-7,10-12H2,1-5H3. The van der Waals surface area contributed by atoms with Crippen LogP contribution in [0.2, 0.25) is 0 Å². The fraction of sp³-hybridized carbons (Fsp3) is 0.846. The van der Waals surface area contributed by atoms with Crippen LogP contribution in [0.3, 0.4) is 0 Å². The molecule has 0 aliphatic rings. The van der Waals surface area contributed by atoms with Gasteiger partial charge in [-0.15, -0.1) is 0 Å². The fourth-order valence-corrected chi connectivity index (χ4v) is 1.32. The minimum atomic E-state index is 0.143. The second-order valence-corrected chi connectivity index (χ2v) is 4.83. The van der Waals surface area contributed by atoms with E-state index in [0.29, 0.717) is 0 Å². The van der Waals surface area contributed by atoms with Crippen molar-refractivity contribution in [1.82, 2.24) is 4.90 Å². The molecule has 0 rings (SSSR count). The Balaban J connectivity index is 3.95. The van der Waals surface area contributed by atoms with E-state index in [1.165, 1.54) is 25.9 Å². The van der Waals surface area contributed by atoms with Gasteiger partial charge in [0.05, 0.1) is 6.54 Å². The Morgan fingerprint density at radius 2 is 1.50 bits per heavy atom. The molecule has 0 saturated carbocycles. The molecule has 0 amide bonds. The molecule has 0 aromatic carbocycles. The van der Waals surface area contributed by atoms with Gasteiger partial charge < -0.3 is 0 Å². The lowest BCUT2D eigenvalue weighted by molar-refractivity contribution is 0.308. The Hall–Kier alpha value is -0.480. The maximum atomic E-state index is 3.28. The molecule has 1 heteroatoms. The molecule has 0 aliphatic heterocycles. The molecular weight excluding hydrogens is 170 g/mol. The van der Waals surface area contributed by atoms with Crippen LogP contribution < -0.4 is 0 Å². The predicted octanol–water partition coefficient (Wildman–Crippen LogP) is 3.16. The van der Waals surface area contributed by atoms with E-state index in [-0.39, 0.29) is 5.41 Å². The third kappa shape index (κ3) is 8.13. The summed E-state index contributed by atoms with van der Waals surface area (Å²) in [5.41, 5.74) is 0.143. The average Bonchev–Trinajstić information content (AvgIpc) is 2.02. The van der Waals surface area contributed by atoms with E-state index < -0.39 is 0 Å². The summed E-state index contributed by atoms with van der Waals surface area (Å²) in [7, 11) is 0. The highest BCUT2D eigenvalue weighted by atomic mass is 15.1. The molecule has 0 unspecified atom stereocenters. The van der Waals surface area contributed by atoms with Gasteiger partial charge in [-0.3, -0.25) is 4.90 Å². The van der Waals surface area contributed by atoms with Crippen molar-refractivity contribution in [2.45, 2.75) is 47.5 Å². The van der Waals surface area contributed by atoms with Crippen LogP contribution in [-0.4, -0.2) is 24.5 Å². The number of hydrogen-bond acceptors (Lipinski definition) is 1. The molecule has 0 spiro atoms. The number of nitrogens with zero attached hydrogens (tertiary/aromatic N) is 1. The van der Waals surface area contributed by atoms with E-state index >= 15 is 0 Å². The highest BCUT2D eigenvalue weighted by Gasteiger charge is 2.04. The zero-order chi connectivity index (χ0) is 11.0. The summed E-state index contributed by atoms with van der Waals surface area (Å²) in [5, 5.41) is 0. The van der Waals surface area contributed by atoms with E-state index in [9.17, 15) is 0 Å². The number of hydrogen-bond donors (Lipinski definition) is 0. The summed E-state index contributed by atoms with van der Waals surface area (Å²) in [6, 6.07) is 0. The Labute approximate surface area is 89.9 Å². The maximum Gasteiger partial charge on any atom is 0.0601 e. The van der Waals surface area contributed by atoms with E-state index in [2.05, 4.69) is 51.4 Å². The van der Waals surface area contributed by atoms with E-state index in [0.717, 1.165) is 6.54 Å². The molecule has 0 radical (unpaired) electrons. The quantitative estimate of drug-likeness (QED) is 0.609. The highest BCUT2D eigenvalue weighted by Crippen LogP contribution is 2.09. The summed E-state index contributed by atoms with van der Waals surface area (Å²) in [6.07, 6.45) is 2.44. The van der Waals surface area contributed by atoms with Gasteiger partial charge in [-0.1, -0.05) is 25.7 Å². The molecule has 0 bridgehead atoms. The molecule has 0 aliphatic carbocycles. The van der Waals surface area contributed by atoms with Crippen LogP contribution in [0.15, 0.2) is 0 Å². The van der Waals surface area contributed by atoms with Gasteiger partial charge in [0.25, 0.3) is 0 Å². The first-order valence-electron chi connectivity index (χ1n) is 5.72. The Morgan fingerprint density at radius 3 is 1.86 bits per heavy atom. The van der Waals surface area contributed by atoms with Gasteiger partial charge in [-0.2, -0.15) is 0 Å². The summed E-state index contributed by atoms with van der Waals surface area (Å²) >= 11 is 0. The summed E-state index contributed by atoms with van der Waals surface area (Å²) in [6.45, 7) is 14.2. The largest absolute Gasteiger partial charge is 0.292 e. The molecule has 0 aromatic rings. The summed E-state index contributed by atoms with van der Waals surface area (Å²) < 4.78 is 0. The summed E-state index contributed by atoms with van der Waals surface area (Å²) in [5.74, 6) is 6.55. The van der Waals surface area contributed by atoms with Gasteiger partial charge in [0, 0.05) is 5.41 Å². The second kappa shape index (κ2) is 6.90. The van der Waals surface area contributed by atoms with Crippen molar-refractivity contribution in [1.29, 1.82) is 0 Å². The fourth-order valence-electron chi connectivity index (χ4n) is 1.32. The van der Waals surface area contributed by atoms with E-state index in [1.807, 2.05) is 0 Å². The van der Waals surface area contributed by atoms with Gasteiger partial charge in [-0.25, -0.2) is 0 Å². The SMILES string of the molecule is CCCN(CC#CC(C)(C)C)CCC. The van der Waals surface area contributed by atoms with E-state index in [4.69, 9.17) is 0 Å². The van der Waals surface area contributed by atoms with Crippen molar-refractivity contribution in [3.05, 3.63) is 0 Å². The smallest absolute Gasteiger partial charge is 0.0601 e. The van der Waals surface area contributed by atoms with Crippen LogP contribution in [0.1, 0.15) is 47.5 Å². The van der Waals surface area contributed by atoms with Gasteiger partial charge in [0.15, 0.2) is 0 Å². The zero-order valence-corrected chi connectivity index (χ0v) is 10.5. The molecule has 0 fully saturated rings. The second-order valence-electron chi connectivity index (χ2n) is 4.83. The molecule has 0 saturated heterocycles. The third-order valence-corrected chi connectivity index (χ3v) is 1.85. The highest BCUT2D eigenvalue weighted by molar-refractivity contribution is 5.08. The lowest BCUT2D eigenvalue weighted by Gasteiger charge is -2.17. The normalized spacial score (nSPS) is 11.3. The van der Waals surface area contributed by atoms with Gasteiger partial charge >= 0.3 is 0 Å². The van der Waals surface area contributed by atoms with Gasteiger partial charge in [0.2, 0.25) is 0 Å². The topological polar surface area (TPSA) is 3.24 Å². The molecule has 0 heterocycles. The van der Waals surface area contributed by atoms with Gasteiger partial charge in [-0.05, 0) is 46.7 Å². The molecule has 1 nitrogen and oxygen atoms in total. The monoisotopic (exact) mass is 195 g/mol. The minimum Gasteiger partial charge on any atom is -0.292 e. The maximum absolute atomic E-state index is 3.28. The predicted molar refractivity (Wildman–Crippen MR) is 64.3 cm³/mol. The van der Waals surface area contributed by atoms with Crippen molar-refractivity contribution >= 4 is 0 Å². The van der Waals surface area contributed by atoms with Crippen LogP contribution in [0.5, 0.6) is 0 Å². The van der Waals surface area contributed by atoms with Crippen LogP contribution in [0.25, 0.3) is 0 Å². The molecule has 82 valence electrons. The minimum absolute atomic E-state index is 0.143. The first-order chi connectivity index (χ1) is 6.49. The van der Waals surface area contributed by atoms with Crippen molar-refractivity contribution in [2.75, 3.05) is 19.6 Å². The Kier molecular flexibility index (Phi) is 6.66. The van der Waals surface area contributed by atoms with Crippen LogP contribution >= 0.6 is 0 Å². The van der Waals surface area contributed by atoms with Crippen LogP contribution in [0, 0.1) is 17.3 Å². The molecule has 14 heavy (non-hydrogen) atoms. The molecule has 0 aromatic heterocycles. The lowest BCUT2D eigenvalue weighted by Crippen LogP contribution is -2.25. The van der Waals surface area contributed by atoms with Crippen molar-refractivity contribution in [3.8, 4) is 11.8 Å². The third-order valence-electron chi connectivity index (χ3n) is 1.85. The summed E-state index contributed by atoms with van der Waals surface area (Å²) in [4.78, 5) is 2.43. The molecule has 0 N–H and O–H groups in total. The van der Waals surface area contributed by atoms with Gasteiger partial charge in [0.1, 0.15) is 0 Å². The lowest BCUT2D eigenvalue weighted by atomic mass is 9.98. The van der Waals surface area contributed by atoms with Crippen molar-refractivity contribution in [3.63, 3.8) is 0 Å². The first-order valence-corrected chi connectivity index (χ1v) is 5.72. The molecule has 0 atom stereocenters.